The van der Waals surface area contributed by atoms with Gasteiger partial charge in [-0.25, -0.2) is 12.8 Å². The van der Waals surface area contributed by atoms with Crippen molar-refractivity contribution in [2.24, 2.45) is 0 Å². The number of anilines is 1. The highest BCUT2D eigenvalue weighted by atomic mass is 32.2. The molecular weight excluding hydrogens is 505 g/mol. The summed E-state index contributed by atoms with van der Waals surface area (Å²) < 4.78 is 43.1. The van der Waals surface area contributed by atoms with Gasteiger partial charge in [-0.15, -0.1) is 0 Å². The second kappa shape index (κ2) is 12.7. The third-order valence-corrected chi connectivity index (χ3v) is 8.01. The van der Waals surface area contributed by atoms with Gasteiger partial charge in [0.25, 0.3) is 10.0 Å². The molecule has 7 nitrogen and oxygen atoms in total. The molecule has 0 bridgehead atoms. The van der Waals surface area contributed by atoms with Gasteiger partial charge in [-0.1, -0.05) is 60.5 Å². The van der Waals surface area contributed by atoms with Gasteiger partial charge < -0.3 is 10.2 Å². The summed E-state index contributed by atoms with van der Waals surface area (Å²) in [4.78, 5) is 27.9. The summed E-state index contributed by atoms with van der Waals surface area (Å²) in [7, 11) is -4.14. The molecule has 202 valence electrons. The first-order valence-corrected chi connectivity index (χ1v) is 13.9. The van der Waals surface area contributed by atoms with Crippen LogP contribution in [0.2, 0.25) is 0 Å². The van der Waals surface area contributed by atoms with Crippen LogP contribution < -0.4 is 9.62 Å². The van der Waals surface area contributed by atoms with E-state index in [0.29, 0.717) is 18.7 Å². The zero-order valence-electron chi connectivity index (χ0n) is 22.1. The zero-order valence-corrected chi connectivity index (χ0v) is 23.0. The Kier molecular flexibility index (Phi) is 9.63. The van der Waals surface area contributed by atoms with Crippen LogP contribution in [0.15, 0.2) is 77.7 Å². The second-order valence-corrected chi connectivity index (χ2v) is 11.1. The number of benzene rings is 3. The number of nitrogens with one attached hydrogen (secondary N) is 1. The Labute approximate surface area is 224 Å². The minimum absolute atomic E-state index is 0.0332. The Morgan fingerprint density at radius 1 is 0.921 bits per heavy atom. The lowest BCUT2D eigenvalue weighted by Gasteiger charge is -2.32. The molecule has 0 aliphatic carbocycles. The number of carbonyl (C=O) groups excluding carboxylic acids is 2. The lowest BCUT2D eigenvalue weighted by atomic mass is 10.1. The highest BCUT2D eigenvalue weighted by Gasteiger charge is 2.32. The van der Waals surface area contributed by atoms with Crippen molar-refractivity contribution in [1.82, 2.24) is 10.2 Å². The van der Waals surface area contributed by atoms with E-state index in [1.165, 1.54) is 35.2 Å². The molecule has 0 aliphatic heterocycles. The molecule has 0 saturated heterocycles. The van der Waals surface area contributed by atoms with E-state index in [-0.39, 0.29) is 17.0 Å². The van der Waals surface area contributed by atoms with Crippen LogP contribution >= 0.6 is 0 Å². The molecule has 3 aromatic carbocycles. The molecule has 1 N–H and O–H groups in total. The number of halogens is 1. The summed E-state index contributed by atoms with van der Waals surface area (Å²) in [5, 5.41) is 2.76. The maximum atomic E-state index is 14.5. The number of sulfonamides is 1. The van der Waals surface area contributed by atoms with Crippen molar-refractivity contribution in [3.8, 4) is 0 Å². The minimum Gasteiger partial charge on any atom is -0.354 e. The summed E-state index contributed by atoms with van der Waals surface area (Å²) in [6.07, 6.45) is 0.704. The van der Waals surface area contributed by atoms with Crippen LogP contribution in [0, 0.1) is 19.7 Å². The van der Waals surface area contributed by atoms with Crippen LogP contribution in [0.4, 0.5) is 10.1 Å². The maximum Gasteiger partial charge on any atom is 0.264 e. The number of nitrogens with zero attached hydrogens (tertiary/aromatic N) is 2. The lowest BCUT2D eigenvalue weighted by Crippen LogP contribution is -2.51. The quantitative estimate of drug-likeness (QED) is 0.387. The average molecular weight is 540 g/mol. The third kappa shape index (κ3) is 6.98. The van der Waals surface area contributed by atoms with Gasteiger partial charge in [0, 0.05) is 18.7 Å². The monoisotopic (exact) mass is 539 g/mol. The molecule has 0 saturated carbocycles. The molecule has 0 aromatic heterocycles. The molecule has 9 heteroatoms. The van der Waals surface area contributed by atoms with Gasteiger partial charge in [-0.05, 0) is 57.5 Å². The SMILES string of the molecule is CCCNC(=O)C(C)N(Cc1ccccc1F)C(=O)CN(c1ccc(C)cc1)S(=O)(=O)c1ccc(C)cc1. The Morgan fingerprint density at radius 2 is 1.50 bits per heavy atom. The molecular formula is C29H34FN3O4S. The van der Waals surface area contributed by atoms with Crippen molar-refractivity contribution in [2.45, 2.75) is 51.6 Å². The molecule has 0 fully saturated rings. The van der Waals surface area contributed by atoms with Gasteiger partial charge in [0.05, 0.1) is 10.6 Å². The summed E-state index contributed by atoms with van der Waals surface area (Å²) in [5.41, 5.74) is 2.35. The number of hydrogen-bond acceptors (Lipinski definition) is 4. The first-order chi connectivity index (χ1) is 18.0. The van der Waals surface area contributed by atoms with Crippen LogP contribution in [-0.4, -0.2) is 44.3 Å². The molecule has 0 spiro atoms. The predicted molar refractivity (Wildman–Crippen MR) is 147 cm³/mol. The molecule has 0 aliphatic rings. The molecule has 0 radical (unpaired) electrons. The van der Waals surface area contributed by atoms with E-state index in [9.17, 15) is 22.4 Å². The van der Waals surface area contributed by atoms with Crippen molar-refractivity contribution in [1.29, 1.82) is 0 Å². The van der Waals surface area contributed by atoms with Crippen LogP contribution in [0.3, 0.4) is 0 Å². The van der Waals surface area contributed by atoms with Gasteiger partial charge in [0.2, 0.25) is 11.8 Å². The Balaban J connectivity index is 2.02. The number of carbonyl (C=O) groups is 2. The van der Waals surface area contributed by atoms with E-state index in [1.807, 2.05) is 20.8 Å². The summed E-state index contributed by atoms with van der Waals surface area (Å²) in [6.45, 7) is 6.83. The smallest absolute Gasteiger partial charge is 0.264 e. The predicted octanol–water partition coefficient (Wildman–Crippen LogP) is 4.58. The molecule has 0 heterocycles. The molecule has 1 atom stereocenters. The molecule has 3 rings (SSSR count). The van der Waals surface area contributed by atoms with Gasteiger partial charge in [-0.3, -0.25) is 13.9 Å². The second-order valence-electron chi connectivity index (χ2n) is 9.24. The van der Waals surface area contributed by atoms with Crippen LogP contribution in [0.5, 0.6) is 0 Å². The zero-order chi connectivity index (χ0) is 27.9. The Morgan fingerprint density at radius 3 is 2.08 bits per heavy atom. The number of amides is 2. The molecule has 2 amide bonds. The standard InChI is InChI=1S/C29H34FN3O4S/c1-5-18-31-29(35)23(4)32(19-24-8-6-7-9-27(24)30)28(34)20-33(25-14-10-21(2)11-15-25)38(36,37)26-16-12-22(3)13-17-26/h6-17,23H,5,18-20H2,1-4H3,(H,31,35). The van der Waals surface area contributed by atoms with E-state index >= 15 is 0 Å². The van der Waals surface area contributed by atoms with Crippen LogP contribution in [0.1, 0.15) is 37.0 Å². The third-order valence-electron chi connectivity index (χ3n) is 6.22. The first-order valence-electron chi connectivity index (χ1n) is 12.5. The summed E-state index contributed by atoms with van der Waals surface area (Å²) >= 11 is 0. The summed E-state index contributed by atoms with van der Waals surface area (Å²) in [5.74, 6) is -1.56. The fraction of sp³-hybridized carbons (Fsp3) is 0.310. The van der Waals surface area contributed by atoms with Gasteiger partial charge in [-0.2, -0.15) is 0 Å². The van der Waals surface area contributed by atoms with Crippen molar-refractivity contribution < 1.29 is 22.4 Å². The van der Waals surface area contributed by atoms with E-state index in [2.05, 4.69) is 5.32 Å². The topological polar surface area (TPSA) is 86.8 Å². The van der Waals surface area contributed by atoms with E-state index < -0.39 is 40.2 Å². The number of rotatable bonds is 11. The highest BCUT2D eigenvalue weighted by Crippen LogP contribution is 2.25. The van der Waals surface area contributed by atoms with Crippen molar-refractivity contribution in [3.63, 3.8) is 0 Å². The van der Waals surface area contributed by atoms with E-state index in [4.69, 9.17) is 0 Å². The Bertz CT molecular complexity index is 1360. The van der Waals surface area contributed by atoms with Gasteiger partial charge in [0.15, 0.2) is 0 Å². The first kappa shape index (κ1) is 28.8. The average Bonchev–Trinajstić information content (AvgIpc) is 2.90. The number of hydrogen-bond donors (Lipinski definition) is 1. The minimum atomic E-state index is -4.14. The normalized spacial score (nSPS) is 12.0. The lowest BCUT2D eigenvalue weighted by molar-refractivity contribution is -0.139. The van der Waals surface area contributed by atoms with Crippen LogP contribution in [-0.2, 0) is 26.2 Å². The maximum absolute atomic E-state index is 14.5. The fourth-order valence-electron chi connectivity index (χ4n) is 3.87. The Hall–Kier alpha value is -3.72. The fourth-order valence-corrected chi connectivity index (χ4v) is 5.28. The van der Waals surface area contributed by atoms with E-state index in [0.717, 1.165) is 15.4 Å². The largest absolute Gasteiger partial charge is 0.354 e. The van der Waals surface area contributed by atoms with Crippen molar-refractivity contribution in [2.75, 3.05) is 17.4 Å². The molecule has 3 aromatic rings. The van der Waals surface area contributed by atoms with E-state index in [1.54, 1.807) is 49.4 Å². The van der Waals surface area contributed by atoms with Gasteiger partial charge in [0.1, 0.15) is 18.4 Å². The highest BCUT2D eigenvalue weighted by molar-refractivity contribution is 7.92. The van der Waals surface area contributed by atoms with Crippen molar-refractivity contribution in [3.05, 3.63) is 95.3 Å². The summed E-state index contributed by atoms with van der Waals surface area (Å²) in [6, 6.07) is 18.2. The molecule has 1 unspecified atom stereocenters. The number of aryl methyl sites for hydroxylation is 2. The van der Waals surface area contributed by atoms with Crippen LogP contribution in [0.25, 0.3) is 0 Å². The van der Waals surface area contributed by atoms with Gasteiger partial charge >= 0.3 is 0 Å². The molecule has 38 heavy (non-hydrogen) atoms. The van der Waals surface area contributed by atoms with Crippen molar-refractivity contribution >= 4 is 27.5 Å².